The lowest BCUT2D eigenvalue weighted by molar-refractivity contribution is 0.0539. The summed E-state index contributed by atoms with van der Waals surface area (Å²) >= 11 is 0. The van der Waals surface area contributed by atoms with Crippen LogP contribution in [0.3, 0.4) is 0 Å². The molecule has 0 aromatic carbocycles. The Morgan fingerprint density at radius 1 is 1.50 bits per heavy atom. The summed E-state index contributed by atoms with van der Waals surface area (Å²) in [6.45, 7) is 8.36. The quantitative estimate of drug-likeness (QED) is 0.579. The fourth-order valence-electron chi connectivity index (χ4n) is 0.673. The maximum Gasteiger partial charge on any atom is 0.0992 e. The lowest BCUT2D eigenvalue weighted by Crippen LogP contribution is -2.20. The lowest BCUT2D eigenvalue weighted by atomic mass is 10.0. The van der Waals surface area contributed by atoms with Crippen LogP contribution in [0.2, 0.25) is 0 Å². The van der Waals surface area contributed by atoms with Crippen molar-refractivity contribution in [2.45, 2.75) is 52.2 Å². The molecule has 0 aliphatic heterocycles. The molecule has 0 aromatic rings. The second kappa shape index (κ2) is 5.25. The number of rotatable bonds is 6. The van der Waals surface area contributed by atoms with Crippen molar-refractivity contribution < 1.29 is 4.74 Å². The Morgan fingerprint density at radius 2 is 2.08 bits per heavy atom. The van der Waals surface area contributed by atoms with Crippen molar-refractivity contribution in [3.05, 3.63) is 4.91 Å². The average Bonchev–Trinajstić information content (AvgIpc) is 2.04. The summed E-state index contributed by atoms with van der Waals surface area (Å²) in [5.74, 6) is 0. The molecule has 1 atom stereocenters. The Labute approximate surface area is 74.5 Å². The first-order valence-electron chi connectivity index (χ1n) is 4.48. The molecule has 0 aliphatic rings. The Morgan fingerprint density at radius 3 is 2.50 bits per heavy atom. The van der Waals surface area contributed by atoms with Gasteiger partial charge in [0.2, 0.25) is 0 Å². The zero-order chi connectivity index (χ0) is 9.61. The molecule has 0 rings (SSSR count). The van der Waals surface area contributed by atoms with Gasteiger partial charge in [0.25, 0.3) is 0 Å². The molecule has 0 aliphatic carbocycles. The van der Waals surface area contributed by atoms with E-state index in [4.69, 9.17) is 4.74 Å². The molecule has 0 aromatic heterocycles. The van der Waals surface area contributed by atoms with Gasteiger partial charge < -0.3 is 4.74 Å². The predicted molar refractivity (Wildman–Crippen MR) is 50.2 cm³/mol. The fourth-order valence-corrected chi connectivity index (χ4v) is 0.673. The zero-order valence-electron chi connectivity index (χ0n) is 8.46. The number of hydrogen-bond donors (Lipinski definition) is 0. The van der Waals surface area contributed by atoms with Gasteiger partial charge in [-0.3, -0.25) is 0 Å². The van der Waals surface area contributed by atoms with E-state index in [1.807, 2.05) is 20.8 Å². The van der Waals surface area contributed by atoms with Gasteiger partial charge in [0, 0.05) is 6.61 Å². The molecule has 0 bridgehead atoms. The molecule has 0 spiro atoms. The second-order valence-corrected chi connectivity index (χ2v) is 3.74. The minimum absolute atomic E-state index is 0.285. The van der Waals surface area contributed by atoms with Gasteiger partial charge in [0.15, 0.2) is 0 Å². The lowest BCUT2D eigenvalue weighted by Gasteiger charge is -2.16. The van der Waals surface area contributed by atoms with E-state index in [0.29, 0.717) is 13.0 Å². The van der Waals surface area contributed by atoms with Gasteiger partial charge in [-0.15, -0.1) is 0 Å². The van der Waals surface area contributed by atoms with Crippen LogP contribution < -0.4 is 0 Å². The third-order valence-electron chi connectivity index (χ3n) is 1.94. The largest absolute Gasteiger partial charge is 0.378 e. The van der Waals surface area contributed by atoms with Gasteiger partial charge in [0.05, 0.1) is 11.6 Å². The van der Waals surface area contributed by atoms with Crippen molar-refractivity contribution in [3.8, 4) is 0 Å². The fraction of sp³-hybridized carbons (Fsp3) is 1.00. The Kier molecular flexibility index (Phi) is 5.06. The highest BCUT2D eigenvalue weighted by atomic mass is 16.5. The van der Waals surface area contributed by atoms with Crippen molar-refractivity contribution in [3.63, 3.8) is 0 Å². The maximum atomic E-state index is 10.3. The molecular formula is C9H19NO2. The highest BCUT2D eigenvalue weighted by Gasteiger charge is 2.17. The first-order valence-corrected chi connectivity index (χ1v) is 4.48. The summed E-state index contributed by atoms with van der Waals surface area (Å²) in [5, 5.41) is 3.01. The molecule has 0 saturated heterocycles. The Hall–Kier alpha value is -0.440. The summed E-state index contributed by atoms with van der Waals surface area (Å²) < 4.78 is 5.43. The van der Waals surface area contributed by atoms with Gasteiger partial charge in [0.1, 0.15) is 0 Å². The van der Waals surface area contributed by atoms with Crippen molar-refractivity contribution >= 4 is 0 Å². The summed E-state index contributed by atoms with van der Waals surface area (Å²) in [4.78, 5) is 10.3. The third kappa shape index (κ3) is 5.24. The molecule has 1 unspecified atom stereocenters. The summed E-state index contributed by atoms with van der Waals surface area (Å²) in [5.41, 5.74) is -0.479. The molecule has 12 heavy (non-hydrogen) atoms. The summed E-state index contributed by atoms with van der Waals surface area (Å²) in [7, 11) is 0. The maximum absolute atomic E-state index is 10.3. The average molecular weight is 173 g/mol. The van der Waals surface area contributed by atoms with Crippen LogP contribution in [0, 0.1) is 4.91 Å². The van der Waals surface area contributed by atoms with Crippen LogP contribution in [0.4, 0.5) is 0 Å². The summed E-state index contributed by atoms with van der Waals surface area (Å²) in [6, 6.07) is 0. The van der Waals surface area contributed by atoms with E-state index in [2.05, 4.69) is 12.1 Å². The molecule has 0 radical (unpaired) electrons. The molecule has 3 heteroatoms. The van der Waals surface area contributed by atoms with Crippen molar-refractivity contribution in [2.24, 2.45) is 5.18 Å². The summed E-state index contributed by atoms with van der Waals surface area (Å²) in [6.07, 6.45) is 1.99. The normalized spacial score (nSPS) is 14.3. The van der Waals surface area contributed by atoms with E-state index in [0.717, 1.165) is 6.42 Å². The predicted octanol–water partition coefficient (Wildman–Crippen LogP) is 2.74. The Bertz CT molecular complexity index is 134. The standard InChI is InChI=1S/C9H19NO2/c1-5-8(2)12-7-6-9(3,4)10-11/h8H,5-7H2,1-4H3. The molecule has 72 valence electrons. The van der Waals surface area contributed by atoms with Gasteiger partial charge in [-0.25, -0.2) is 0 Å². The van der Waals surface area contributed by atoms with Crippen LogP contribution in [0.25, 0.3) is 0 Å². The first kappa shape index (κ1) is 11.6. The molecule has 0 N–H and O–H groups in total. The van der Waals surface area contributed by atoms with Crippen LogP contribution in [-0.4, -0.2) is 18.2 Å². The number of nitrogens with zero attached hydrogens (tertiary/aromatic N) is 1. The van der Waals surface area contributed by atoms with Crippen molar-refractivity contribution in [1.29, 1.82) is 0 Å². The van der Waals surface area contributed by atoms with E-state index in [-0.39, 0.29) is 6.10 Å². The van der Waals surface area contributed by atoms with Crippen LogP contribution in [0.15, 0.2) is 5.18 Å². The monoisotopic (exact) mass is 173 g/mol. The van der Waals surface area contributed by atoms with E-state index >= 15 is 0 Å². The SMILES string of the molecule is CCC(C)OCCC(C)(C)N=O. The first-order chi connectivity index (χ1) is 5.52. The van der Waals surface area contributed by atoms with E-state index < -0.39 is 5.54 Å². The van der Waals surface area contributed by atoms with Crippen molar-refractivity contribution in [1.82, 2.24) is 0 Å². The van der Waals surface area contributed by atoms with Crippen molar-refractivity contribution in [2.75, 3.05) is 6.61 Å². The zero-order valence-corrected chi connectivity index (χ0v) is 8.46. The smallest absolute Gasteiger partial charge is 0.0992 e. The van der Waals surface area contributed by atoms with Crippen LogP contribution >= 0.6 is 0 Å². The van der Waals surface area contributed by atoms with Crippen LogP contribution in [-0.2, 0) is 4.74 Å². The molecule has 0 heterocycles. The molecule has 0 amide bonds. The van der Waals surface area contributed by atoms with Gasteiger partial charge in [-0.1, -0.05) is 12.1 Å². The topological polar surface area (TPSA) is 38.7 Å². The van der Waals surface area contributed by atoms with Crippen LogP contribution in [0.1, 0.15) is 40.5 Å². The number of hydrogen-bond acceptors (Lipinski definition) is 3. The minimum Gasteiger partial charge on any atom is -0.378 e. The second-order valence-electron chi connectivity index (χ2n) is 3.74. The van der Waals surface area contributed by atoms with Gasteiger partial charge in [-0.05, 0) is 33.6 Å². The minimum atomic E-state index is -0.479. The highest BCUT2D eigenvalue weighted by molar-refractivity contribution is 4.75. The third-order valence-corrected chi connectivity index (χ3v) is 1.94. The Balaban J connectivity index is 3.49. The van der Waals surface area contributed by atoms with Gasteiger partial charge in [-0.2, -0.15) is 4.91 Å². The highest BCUT2D eigenvalue weighted by Crippen LogP contribution is 2.13. The van der Waals surface area contributed by atoms with E-state index in [9.17, 15) is 4.91 Å². The van der Waals surface area contributed by atoms with Gasteiger partial charge >= 0.3 is 0 Å². The molecule has 3 nitrogen and oxygen atoms in total. The number of ether oxygens (including phenoxy) is 1. The number of nitroso groups, excluding NO2 is 1. The van der Waals surface area contributed by atoms with E-state index in [1.165, 1.54) is 0 Å². The molecular weight excluding hydrogens is 154 g/mol. The van der Waals surface area contributed by atoms with Crippen LogP contribution in [0.5, 0.6) is 0 Å². The molecule has 0 fully saturated rings. The van der Waals surface area contributed by atoms with E-state index in [1.54, 1.807) is 0 Å². The molecule has 0 saturated carbocycles.